The first kappa shape index (κ1) is 28.9. The lowest BCUT2D eigenvalue weighted by atomic mass is 9.83. The van der Waals surface area contributed by atoms with Crippen LogP contribution in [-0.4, -0.2) is 0 Å². The SMILES string of the molecule is Cc1cccc2c(-c3ccc(-c4cccc5sc6cc7ccccc7cc6c45)cc3)c3ccccc3c(-c3cccc(-c4ccccc4)c3)c12. The molecule has 1 aromatic heterocycles. The third-order valence-corrected chi connectivity index (χ3v) is 11.5. The molecule has 0 aliphatic heterocycles. The van der Waals surface area contributed by atoms with E-state index in [0.717, 1.165) is 0 Å². The summed E-state index contributed by atoms with van der Waals surface area (Å²) >= 11 is 1.89. The Morgan fingerprint density at radius 3 is 1.78 bits per heavy atom. The summed E-state index contributed by atoms with van der Waals surface area (Å²) in [6.45, 7) is 2.25. The number of fused-ring (bicyclic) bond motifs is 6. The molecule has 1 heterocycles. The average molecular weight is 653 g/mol. The molecule has 0 N–H and O–H groups in total. The molecule has 0 unspecified atom stereocenters. The molecule has 0 aliphatic carbocycles. The Kier molecular flexibility index (Phi) is 6.69. The van der Waals surface area contributed by atoms with E-state index in [1.54, 1.807) is 0 Å². The first-order valence-electron chi connectivity index (χ1n) is 17.3. The summed E-state index contributed by atoms with van der Waals surface area (Å²) in [6, 6.07) is 64.9. The molecule has 0 fully saturated rings. The first-order valence-corrected chi connectivity index (χ1v) is 18.1. The Morgan fingerprint density at radius 2 is 0.960 bits per heavy atom. The lowest BCUT2D eigenvalue weighted by molar-refractivity contribution is 1.53. The van der Waals surface area contributed by atoms with Crippen LogP contribution in [0.25, 0.3) is 97.0 Å². The van der Waals surface area contributed by atoms with E-state index in [4.69, 9.17) is 0 Å². The van der Waals surface area contributed by atoms with Gasteiger partial charge in [0.1, 0.15) is 0 Å². The van der Waals surface area contributed by atoms with Gasteiger partial charge in [-0.25, -0.2) is 0 Å². The lowest BCUT2D eigenvalue weighted by Crippen LogP contribution is -1.93. The number of hydrogen-bond acceptors (Lipinski definition) is 1. The predicted molar refractivity (Wildman–Crippen MR) is 218 cm³/mol. The van der Waals surface area contributed by atoms with Gasteiger partial charge in [0.15, 0.2) is 0 Å². The van der Waals surface area contributed by atoms with E-state index in [0.29, 0.717) is 0 Å². The number of rotatable bonds is 4. The molecule has 0 aliphatic rings. The second-order valence-electron chi connectivity index (χ2n) is 13.3. The zero-order chi connectivity index (χ0) is 33.2. The Morgan fingerprint density at radius 1 is 0.340 bits per heavy atom. The molecule has 0 bridgehead atoms. The van der Waals surface area contributed by atoms with Crippen molar-refractivity contribution in [3.63, 3.8) is 0 Å². The summed E-state index contributed by atoms with van der Waals surface area (Å²) in [5, 5.41) is 10.4. The van der Waals surface area contributed by atoms with E-state index < -0.39 is 0 Å². The third kappa shape index (κ3) is 4.59. The van der Waals surface area contributed by atoms with Gasteiger partial charge in [-0.2, -0.15) is 0 Å². The first-order chi connectivity index (χ1) is 24.7. The van der Waals surface area contributed by atoms with Crippen molar-refractivity contribution in [3.8, 4) is 44.5 Å². The molecular weight excluding hydrogens is 621 g/mol. The van der Waals surface area contributed by atoms with Crippen LogP contribution in [0, 0.1) is 6.92 Å². The van der Waals surface area contributed by atoms with Crippen LogP contribution in [0.15, 0.2) is 176 Å². The fourth-order valence-electron chi connectivity index (χ4n) is 8.07. The van der Waals surface area contributed by atoms with E-state index in [1.807, 2.05) is 11.3 Å². The number of thiophene rings is 1. The van der Waals surface area contributed by atoms with Crippen molar-refractivity contribution in [2.24, 2.45) is 0 Å². The molecule has 10 aromatic rings. The lowest BCUT2D eigenvalue weighted by Gasteiger charge is -2.20. The maximum atomic E-state index is 2.37. The quantitative estimate of drug-likeness (QED) is 0.166. The highest BCUT2D eigenvalue weighted by Crippen LogP contribution is 2.46. The van der Waals surface area contributed by atoms with Crippen LogP contribution in [0.1, 0.15) is 5.56 Å². The van der Waals surface area contributed by atoms with E-state index in [-0.39, 0.29) is 0 Å². The summed E-state index contributed by atoms with van der Waals surface area (Å²) in [5.41, 5.74) is 11.3. The highest BCUT2D eigenvalue weighted by atomic mass is 32.1. The Hall–Kier alpha value is -6.02. The molecular formula is C49H32S. The summed E-state index contributed by atoms with van der Waals surface area (Å²) < 4.78 is 2.67. The van der Waals surface area contributed by atoms with Gasteiger partial charge in [0.2, 0.25) is 0 Å². The monoisotopic (exact) mass is 652 g/mol. The molecule has 50 heavy (non-hydrogen) atoms. The summed E-state index contributed by atoms with van der Waals surface area (Å²) in [6.07, 6.45) is 0. The van der Waals surface area contributed by atoms with Crippen LogP contribution in [-0.2, 0) is 0 Å². The van der Waals surface area contributed by atoms with Gasteiger partial charge in [-0.1, -0.05) is 152 Å². The minimum absolute atomic E-state index is 1.23. The Bertz CT molecular complexity index is 2910. The Balaban J connectivity index is 1.16. The van der Waals surface area contributed by atoms with Gasteiger partial charge in [-0.3, -0.25) is 0 Å². The standard InChI is InChI=1S/C49H32S/c1-31-12-9-22-42-46(31)48(38-18-10-17-35(28-38)32-13-3-2-4-14-32)41-20-8-7-19-40(41)47(42)34-26-24-33(25-27-34)39-21-11-23-44-49(39)43-29-36-15-5-6-16-37(36)30-45(43)50-44/h2-30H,1H3. The summed E-state index contributed by atoms with van der Waals surface area (Å²) in [5.74, 6) is 0. The zero-order valence-electron chi connectivity index (χ0n) is 27.7. The second kappa shape index (κ2) is 11.6. The topological polar surface area (TPSA) is 0 Å². The van der Waals surface area contributed by atoms with E-state index >= 15 is 0 Å². The molecule has 234 valence electrons. The molecule has 10 rings (SSSR count). The smallest absolute Gasteiger partial charge is 0.0362 e. The molecule has 1 heteroatoms. The van der Waals surface area contributed by atoms with Gasteiger partial charge in [-0.15, -0.1) is 11.3 Å². The van der Waals surface area contributed by atoms with Crippen molar-refractivity contribution in [2.75, 3.05) is 0 Å². The van der Waals surface area contributed by atoms with Crippen molar-refractivity contribution in [3.05, 3.63) is 181 Å². The maximum absolute atomic E-state index is 2.37. The van der Waals surface area contributed by atoms with Crippen molar-refractivity contribution < 1.29 is 0 Å². The number of benzene rings is 9. The van der Waals surface area contributed by atoms with Crippen molar-refractivity contribution in [2.45, 2.75) is 6.92 Å². The molecule has 0 nitrogen and oxygen atoms in total. The molecule has 0 saturated carbocycles. The zero-order valence-corrected chi connectivity index (χ0v) is 28.5. The molecule has 0 amide bonds. The van der Waals surface area contributed by atoms with Gasteiger partial charge in [0, 0.05) is 20.2 Å². The van der Waals surface area contributed by atoms with Gasteiger partial charge in [-0.05, 0) is 114 Å². The predicted octanol–water partition coefficient (Wildman–Crippen LogP) is 14.5. The minimum atomic E-state index is 1.23. The Labute approximate surface area is 295 Å². The van der Waals surface area contributed by atoms with E-state index in [9.17, 15) is 0 Å². The molecule has 0 atom stereocenters. The van der Waals surface area contributed by atoms with Gasteiger partial charge < -0.3 is 0 Å². The van der Waals surface area contributed by atoms with E-state index in [1.165, 1.54) is 103 Å². The molecule has 0 radical (unpaired) electrons. The average Bonchev–Trinajstić information content (AvgIpc) is 3.54. The van der Waals surface area contributed by atoms with Crippen molar-refractivity contribution >= 4 is 63.8 Å². The number of hydrogen-bond donors (Lipinski definition) is 0. The van der Waals surface area contributed by atoms with Crippen LogP contribution in [0.4, 0.5) is 0 Å². The molecule has 0 spiro atoms. The van der Waals surface area contributed by atoms with Crippen molar-refractivity contribution in [1.82, 2.24) is 0 Å². The van der Waals surface area contributed by atoms with Crippen LogP contribution in [0.3, 0.4) is 0 Å². The third-order valence-electron chi connectivity index (χ3n) is 10.4. The highest BCUT2D eigenvalue weighted by molar-refractivity contribution is 7.26. The molecule has 0 saturated heterocycles. The van der Waals surface area contributed by atoms with Gasteiger partial charge >= 0.3 is 0 Å². The molecule has 9 aromatic carbocycles. The minimum Gasteiger partial charge on any atom is -0.135 e. The fraction of sp³-hybridized carbons (Fsp3) is 0.0204. The van der Waals surface area contributed by atoms with Crippen LogP contribution < -0.4 is 0 Å². The van der Waals surface area contributed by atoms with E-state index in [2.05, 4.69) is 183 Å². The fourth-order valence-corrected chi connectivity index (χ4v) is 9.23. The van der Waals surface area contributed by atoms with Gasteiger partial charge in [0.25, 0.3) is 0 Å². The van der Waals surface area contributed by atoms with Gasteiger partial charge in [0.05, 0.1) is 0 Å². The summed E-state index contributed by atoms with van der Waals surface area (Å²) in [7, 11) is 0. The largest absolute Gasteiger partial charge is 0.135 e. The second-order valence-corrected chi connectivity index (χ2v) is 14.4. The summed E-state index contributed by atoms with van der Waals surface area (Å²) in [4.78, 5) is 0. The van der Waals surface area contributed by atoms with Crippen LogP contribution >= 0.6 is 11.3 Å². The highest BCUT2D eigenvalue weighted by Gasteiger charge is 2.19. The normalized spacial score (nSPS) is 11.7. The van der Waals surface area contributed by atoms with Crippen LogP contribution in [0.5, 0.6) is 0 Å². The van der Waals surface area contributed by atoms with Crippen molar-refractivity contribution in [1.29, 1.82) is 0 Å². The van der Waals surface area contributed by atoms with Crippen LogP contribution in [0.2, 0.25) is 0 Å². The number of aryl methyl sites for hydroxylation is 1. The maximum Gasteiger partial charge on any atom is 0.0362 e.